The fraction of sp³-hybridized carbons (Fsp3) is 0.909. The molecule has 1 saturated carbocycles. The first kappa shape index (κ1) is 9.04. The van der Waals surface area contributed by atoms with Crippen molar-refractivity contribution in [3.8, 4) is 0 Å². The molecule has 0 radical (unpaired) electrons. The van der Waals surface area contributed by atoms with Gasteiger partial charge >= 0.3 is 5.97 Å². The van der Waals surface area contributed by atoms with E-state index in [1.54, 1.807) is 0 Å². The monoisotopic (exact) mass is 182 g/mol. The van der Waals surface area contributed by atoms with Crippen molar-refractivity contribution in [1.82, 2.24) is 0 Å². The van der Waals surface area contributed by atoms with Crippen LogP contribution in [0, 0.1) is 5.92 Å². The van der Waals surface area contributed by atoms with Crippen molar-refractivity contribution in [1.29, 1.82) is 0 Å². The van der Waals surface area contributed by atoms with Gasteiger partial charge in [0.1, 0.15) is 6.10 Å². The molecule has 2 aliphatic rings. The van der Waals surface area contributed by atoms with Gasteiger partial charge in [-0.25, -0.2) is 0 Å². The van der Waals surface area contributed by atoms with Gasteiger partial charge in [0.25, 0.3) is 0 Å². The third kappa shape index (κ3) is 2.23. The summed E-state index contributed by atoms with van der Waals surface area (Å²) in [5.41, 5.74) is 0. The number of rotatable bonds is 0. The van der Waals surface area contributed by atoms with Gasteiger partial charge in [-0.1, -0.05) is 12.8 Å². The Morgan fingerprint density at radius 1 is 1.00 bits per heavy atom. The van der Waals surface area contributed by atoms with Crippen LogP contribution < -0.4 is 0 Å². The van der Waals surface area contributed by atoms with Crippen LogP contribution in [0.3, 0.4) is 0 Å². The first-order valence-electron chi connectivity index (χ1n) is 5.56. The van der Waals surface area contributed by atoms with E-state index >= 15 is 0 Å². The molecule has 0 amide bonds. The minimum atomic E-state index is 0.0385. The molecule has 2 atom stereocenters. The molecule has 1 saturated heterocycles. The predicted octanol–water partition coefficient (Wildman–Crippen LogP) is 2.66. The van der Waals surface area contributed by atoms with E-state index in [0.717, 1.165) is 12.8 Å². The molecule has 74 valence electrons. The molecule has 1 aliphatic heterocycles. The second-order valence-corrected chi connectivity index (χ2v) is 4.32. The molecule has 13 heavy (non-hydrogen) atoms. The number of carbonyl (C=O) groups is 1. The second-order valence-electron chi connectivity index (χ2n) is 4.32. The van der Waals surface area contributed by atoms with Crippen molar-refractivity contribution in [2.24, 2.45) is 5.92 Å². The fourth-order valence-corrected chi connectivity index (χ4v) is 2.56. The number of fused-ring (bicyclic) bond motifs is 1. The van der Waals surface area contributed by atoms with Crippen molar-refractivity contribution in [2.75, 3.05) is 0 Å². The minimum Gasteiger partial charge on any atom is -0.462 e. The van der Waals surface area contributed by atoms with Crippen LogP contribution in [0.1, 0.15) is 51.4 Å². The van der Waals surface area contributed by atoms with Crippen LogP contribution in [-0.2, 0) is 9.53 Å². The lowest BCUT2D eigenvalue weighted by atomic mass is 9.82. The fourth-order valence-electron chi connectivity index (χ4n) is 2.56. The normalized spacial score (nSPS) is 35.5. The van der Waals surface area contributed by atoms with Crippen LogP contribution in [0.2, 0.25) is 0 Å². The molecule has 0 spiro atoms. The highest BCUT2D eigenvalue weighted by Gasteiger charge is 2.29. The van der Waals surface area contributed by atoms with Gasteiger partial charge < -0.3 is 4.74 Å². The maximum Gasteiger partial charge on any atom is 0.306 e. The molecule has 0 bridgehead atoms. The average molecular weight is 182 g/mol. The smallest absolute Gasteiger partial charge is 0.306 e. The molecule has 0 aromatic rings. The van der Waals surface area contributed by atoms with Gasteiger partial charge in [-0.15, -0.1) is 0 Å². The van der Waals surface area contributed by atoms with E-state index in [2.05, 4.69) is 0 Å². The molecule has 1 aliphatic carbocycles. The van der Waals surface area contributed by atoms with Crippen LogP contribution in [0.4, 0.5) is 0 Å². The van der Waals surface area contributed by atoms with Crippen LogP contribution in [-0.4, -0.2) is 12.1 Å². The standard InChI is InChI=1S/C11H18O2/c12-11-8-4-2-6-9-5-1-3-7-10(9)13-11/h9-10H,1-8H2. The summed E-state index contributed by atoms with van der Waals surface area (Å²) in [5, 5.41) is 0. The average Bonchev–Trinajstić information content (AvgIpc) is 2.11. The Balaban J connectivity index is 1.97. The quantitative estimate of drug-likeness (QED) is 0.538. The summed E-state index contributed by atoms with van der Waals surface area (Å²) in [4.78, 5) is 11.3. The van der Waals surface area contributed by atoms with E-state index < -0.39 is 0 Å². The Hall–Kier alpha value is -0.530. The lowest BCUT2D eigenvalue weighted by molar-refractivity contribution is -0.155. The number of hydrogen-bond acceptors (Lipinski definition) is 2. The number of carbonyl (C=O) groups excluding carboxylic acids is 1. The molecule has 2 nitrogen and oxygen atoms in total. The van der Waals surface area contributed by atoms with E-state index in [1.165, 1.54) is 32.1 Å². The van der Waals surface area contributed by atoms with Gasteiger partial charge in [-0.3, -0.25) is 4.79 Å². The Kier molecular flexibility index (Phi) is 2.87. The van der Waals surface area contributed by atoms with Crippen molar-refractivity contribution >= 4 is 5.97 Å². The van der Waals surface area contributed by atoms with Gasteiger partial charge in [0.2, 0.25) is 0 Å². The maximum atomic E-state index is 11.3. The molecule has 0 aromatic carbocycles. The van der Waals surface area contributed by atoms with Crippen molar-refractivity contribution < 1.29 is 9.53 Å². The molecule has 2 rings (SSSR count). The zero-order chi connectivity index (χ0) is 9.10. The molecule has 2 unspecified atom stereocenters. The van der Waals surface area contributed by atoms with Gasteiger partial charge in [-0.05, 0) is 38.0 Å². The highest BCUT2D eigenvalue weighted by Crippen LogP contribution is 2.32. The summed E-state index contributed by atoms with van der Waals surface area (Å²) in [7, 11) is 0. The molecule has 2 heteroatoms. The third-order valence-corrected chi connectivity index (χ3v) is 3.33. The Labute approximate surface area is 79.7 Å². The van der Waals surface area contributed by atoms with Gasteiger partial charge in [0.05, 0.1) is 0 Å². The van der Waals surface area contributed by atoms with Gasteiger partial charge in [0.15, 0.2) is 0 Å². The number of hydrogen-bond donors (Lipinski definition) is 0. The number of esters is 1. The largest absolute Gasteiger partial charge is 0.462 e. The second kappa shape index (κ2) is 4.12. The Bertz CT molecular complexity index is 189. The van der Waals surface area contributed by atoms with Crippen molar-refractivity contribution in [2.45, 2.75) is 57.5 Å². The van der Waals surface area contributed by atoms with Crippen molar-refractivity contribution in [3.63, 3.8) is 0 Å². The third-order valence-electron chi connectivity index (χ3n) is 3.33. The van der Waals surface area contributed by atoms with Crippen LogP contribution in [0.5, 0.6) is 0 Å². The van der Waals surface area contributed by atoms with Crippen LogP contribution in [0.15, 0.2) is 0 Å². The predicted molar refractivity (Wildman–Crippen MR) is 50.3 cm³/mol. The summed E-state index contributed by atoms with van der Waals surface area (Å²) < 4.78 is 5.46. The van der Waals surface area contributed by atoms with E-state index in [4.69, 9.17) is 4.74 Å². The molecule has 1 heterocycles. The van der Waals surface area contributed by atoms with Gasteiger partial charge in [-0.2, -0.15) is 0 Å². The zero-order valence-corrected chi connectivity index (χ0v) is 8.13. The number of ether oxygens (including phenoxy) is 1. The maximum absolute atomic E-state index is 11.3. The molecular weight excluding hydrogens is 164 g/mol. The summed E-state index contributed by atoms with van der Waals surface area (Å²) in [6, 6.07) is 0. The summed E-state index contributed by atoms with van der Waals surface area (Å²) in [6.07, 6.45) is 9.39. The first-order valence-corrected chi connectivity index (χ1v) is 5.56. The highest BCUT2D eigenvalue weighted by atomic mass is 16.5. The highest BCUT2D eigenvalue weighted by molar-refractivity contribution is 5.69. The Morgan fingerprint density at radius 2 is 1.69 bits per heavy atom. The summed E-state index contributed by atoms with van der Waals surface area (Å²) in [6.45, 7) is 0. The molecular formula is C11H18O2. The first-order chi connectivity index (χ1) is 6.36. The van der Waals surface area contributed by atoms with E-state index in [1.807, 2.05) is 0 Å². The molecule has 2 fully saturated rings. The Morgan fingerprint density at radius 3 is 2.54 bits per heavy atom. The van der Waals surface area contributed by atoms with Crippen molar-refractivity contribution in [3.05, 3.63) is 0 Å². The topological polar surface area (TPSA) is 26.3 Å². The minimum absolute atomic E-state index is 0.0385. The van der Waals surface area contributed by atoms with Gasteiger partial charge in [0, 0.05) is 6.42 Å². The van der Waals surface area contributed by atoms with E-state index in [9.17, 15) is 4.79 Å². The van der Waals surface area contributed by atoms with Crippen LogP contribution >= 0.6 is 0 Å². The lowest BCUT2D eigenvalue weighted by Crippen LogP contribution is -2.31. The summed E-state index contributed by atoms with van der Waals surface area (Å²) in [5.74, 6) is 0.717. The zero-order valence-electron chi connectivity index (χ0n) is 8.13. The molecule has 0 aromatic heterocycles. The molecule has 0 N–H and O–H groups in total. The van der Waals surface area contributed by atoms with Crippen LogP contribution in [0.25, 0.3) is 0 Å². The lowest BCUT2D eigenvalue weighted by Gasteiger charge is -2.32. The van der Waals surface area contributed by atoms with E-state index in [-0.39, 0.29) is 12.1 Å². The van der Waals surface area contributed by atoms with E-state index in [0.29, 0.717) is 12.3 Å². The summed E-state index contributed by atoms with van der Waals surface area (Å²) >= 11 is 0. The SMILES string of the molecule is O=C1CCCCC2CCCCC2O1.